The predicted molar refractivity (Wildman–Crippen MR) is 146 cm³/mol. The number of carbonyl (C=O) groups excluding carboxylic acids is 2. The highest BCUT2D eigenvalue weighted by Gasteiger charge is 2.50. The van der Waals surface area contributed by atoms with E-state index in [-0.39, 0.29) is 23.8 Å². The van der Waals surface area contributed by atoms with Crippen LogP contribution in [-0.2, 0) is 15.1 Å². The Morgan fingerprint density at radius 3 is 2.30 bits per heavy atom. The van der Waals surface area contributed by atoms with E-state index in [1.165, 1.54) is 0 Å². The molecular formula is C30H37ClN2O4. The minimum absolute atomic E-state index is 0.0583. The molecule has 2 aromatic rings. The van der Waals surface area contributed by atoms with Gasteiger partial charge in [0.25, 0.3) is 5.91 Å². The molecule has 2 amide bonds. The summed E-state index contributed by atoms with van der Waals surface area (Å²) in [6.07, 6.45) is 3.89. The third-order valence-electron chi connectivity index (χ3n) is 8.20. The number of methoxy groups -OCH3 is 1. The first-order valence-electron chi connectivity index (χ1n) is 13.0. The lowest BCUT2D eigenvalue weighted by atomic mass is 9.66. The van der Waals surface area contributed by atoms with Crippen molar-refractivity contribution in [2.45, 2.75) is 57.6 Å². The molecule has 198 valence electrons. The van der Waals surface area contributed by atoms with Crippen molar-refractivity contribution in [3.05, 3.63) is 76.8 Å². The van der Waals surface area contributed by atoms with Gasteiger partial charge in [0.2, 0.25) is 5.91 Å². The summed E-state index contributed by atoms with van der Waals surface area (Å²) in [5, 5.41) is 15.4. The molecule has 1 saturated carbocycles. The Balaban J connectivity index is 1.45. The van der Waals surface area contributed by atoms with Crippen molar-refractivity contribution in [1.29, 1.82) is 0 Å². The Labute approximate surface area is 224 Å². The van der Waals surface area contributed by atoms with Crippen LogP contribution in [-0.4, -0.2) is 48.1 Å². The van der Waals surface area contributed by atoms with Crippen LogP contribution < -0.4 is 5.32 Å². The van der Waals surface area contributed by atoms with Gasteiger partial charge in [0.1, 0.15) is 5.76 Å². The number of halogens is 1. The van der Waals surface area contributed by atoms with Crippen LogP contribution in [0.25, 0.3) is 5.76 Å². The maximum atomic E-state index is 13.8. The monoisotopic (exact) mass is 524 g/mol. The Morgan fingerprint density at radius 1 is 1.05 bits per heavy atom. The van der Waals surface area contributed by atoms with Gasteiger partial charge in [0, 0.05) is 40.7 Å². The second-order valence-corrected chi connectivity index (χ2v) is 11.4. The molecule has 6 nitrogen and oxygen atoms in total. The molecule has 3 atom stereocenters. The van der Waals surface area contributed by atoms with E-state index in [9.17, 15) is 14.7 Å². The second kappa shape index (κ2) is 10.9. The smallest absolute Gasteiger partial charge is 0.251 e. The van der Waals surface area contributed by atoms with Crippen molar-refractivity contribution >= 4 is 29.2 Å². The Bertz CT molecular complexity index is 1150. The SMILES string of the molecule is C=C(OC)c1ccc(C(=O)N[C@@H]2CCCC[C@@H]2C(=O)N2CC[C@](O)(c3ccc(Cl)cc3)C(C)(C)C2)cc1. The minimum atomic E-state index is -1.06. The number of carbonyl (C=O) groups is 2. The van der Waals surface area contributed by atoms with Gasteiger partial charge in [-0.1, -0.05) is 69.1 Å². The number of aliphatic hydroxyl groups is 1. The van der Waals surface area contributed by atoms with Gasteiger partial charge in [-0.05, 0) is 49.1 Å². The average Bonchev–Trinajstić information content (AvgIpc) is 2.90. The quantitative estimate of drug-likeness (QED) is 0.496. The van der Waals surface area contributed by atoms with E-state index in [0.717, 1.165) is 36.8 Å². The standard InChI is InChI=1S/C30H37ClN2O4/c1-20(37-4)21-9-11-22(12-10-21)27(34)32-26-8-6-5-7-25(26)28(35)33-18-17-30(36,29(2,3)19-33)23-13-15-24(31)16-14-23/h9-16,25-26,36H,1,5-8,17-19H2,2-4H3,(H,32,34)/t25-,26+,30-/m0/s1. The zero-order valence-corrected chi connectivity index (χ0v) is 22.7. The van der Waals surface area contributed by atoms with Crippen molar-refractivity contribution in [3.8, 4) is 0 Å². The Hall–Kier alpha value is -2.83. The number of piperidine rings is 1. The highest BCUT2D eigenvalue weighted by atomic mass is 35.5. The zero-order chi connectivity index (χ0) is 26.8. The molecule has 0 radical (unpaired) electrons. The molecule has 0 spiro atoms. The summed E-state index contributed by atoms with van der Waals surface area (Å²) in [5.74, 6) is 0.137. The largest absolute Gasteiger partial charge is 0.497 e. The molecule has 1 aliphatic heterocycles. The molecule has 0 bridgehead atoms. The fourth-order valence-electron chi connectivity index (χ4n) is 5.78. The molecule has 2 N–H and O–H groups in total. The molecule has 2 fully saturated rings. The molecule has 2 aliphatic rings. The number of ether oxygens (including phenoxy) is 1. The van der Waals surface area contributed by atoms with Gasteiger partial charge in [-0.15, -0.1) is 0 Å². The highest BCUT2D eigenvalue weighted by molar-refractivity contribution is 6.30. The summed E-state index contributed by atoms with van der Waals surface area (Å²) in [5.41, 5.74) is 0.551. The molecule has 1 aliphatic carbocycles. The van der Waals surface area contributed by atoms with Crippen LogP contribution in [0.2, 0.25) is 5.02 Å². The fraction of sp³-hybridized carbons (Fsp3) is 0.467. The van der Waals surface area contributed by atoms with Gasteiger partial charge < -0.3 is 20.1 Å². The van der Waals surface area contributed by atoms with Crippen LogP contribution >= 0.6 is 11.6 Å². The third kappa shape index (κ3) is 5.55. The molecule has 0 unspecified atom stereocenters. The molecular weight excluding hydrogens is 488 g/mol. The first kappa shape index (κ1) is 27.2. The van der Waals surface area contributed by atoms with E-state index in [1.807, 2.05) is 43.0 Å². The Kier molecular flexibility index (Phi) is 8.00. The second-order valence-electron chi connectivity index (χ2n) is 10.9. The average molecular weight is 525 g/mol. The van der Waals surface area contributed by atoms with Crippen LogP contribution in [0, 0.1) is 11.3 Å². The summed E-state index contributed by atoms with van der Waals surface area (Å²) in [7, 11) is 1.56. The normalized spacial score (nSPS) is 25.3. The van der Waals surface area contributed by atoms with Crippen molar-refractivity contribution < 1.29 is 19.4 Å². The molecule has 0 aromatic heterocycles. The van der Waals surface area contributed by atoms with Crippen molar-refractivity contribution in [1.82, 2.24) is 10.2 Å². The van der Waals surface area contributed by atoms with Gasteiger partial charge in [-0.2, -0.15) is 0 Å². The molecule has 4 rings (SSSR count). The molecule has 37 heavy (non-hydrogen) atoms. The molecule has 7 heteroatoms. The number of hydrogen-bond donors (Lipinski definition) is 2. The van der Waals surface area contributed by atoms with Crippen LogP contribution in [0.1, 0.15) is 67.4 Å². The number of benzene rings is 2. The summed E-state index contributed by atoms with van der Waals surface area (Å²) >= 11 is 6.06. The molecule has 2 aromatic carbocycles. The van der Waals surface area contributed by atoms with E-state index >= 15 is 0 Å². The topological polar surface area (TPSA) is 78.9 Å². The van der Waals surface area contributed by atoms with E-state index in [0.29, 0.717) is 35.9 Å². The lowest BCUT2D eigenvalue weighted by molar-refractivity contribution is -0.158. The summed E-state index contributed by atoms with van der Waals surface area (Å²) in [4.78, 5) is 28.7. The van der Waals surface area contributed by atoms with Gasteiger partial charge in [0.15, 0.2) is 0 Å². The summed E-state index contributed by atoms with van der Waals surface area (Å²) < 4.78 is 5.16. The van der Waals surface area contributed by atoms with E-state index in [2.05, 4.69) is 11.9 Å². The number of rotatable bonds is 6. The van der Waals surface area contributed by atoms with Gasteiger partial charge in [0.05, 0.1) is 18.6 Å². The zero-order valence-electron chi connectivity index (χ0n) is 21.9. The summed E-state index contributed by atoms with van der Waals surface area (Å²) in [6, 6.07) is 14.2. The van der Waals surface area contributed by atoms with Crippen molar-refractivity contribution in [2.24, 2.45) is 11.3 Å². The first-order chi connectivity index (χ1) is 17.6. The van der Waals surface area contributed by atoms with Crippen LogP contribution in [0.3, 0.4) is 0 Å². The van der Waals surface area contributed by atoms with Crippen LogP contribution in [0.4, 0.5) is 0 Å². The first-order valence-corrected chi connectivity index (χ1v) is 13.3. The van der Waals surface area contributed by atoms with Gasteiger partial charge in [-0.3, -0.25) is 9.59 Å². The van der Waals surface area contributed by atoms with Crippen LogP contribution in [0.15, 0.2) is 55.1 Å². The van der Waals surface area contributed by atoms with E-state index in [1.54, 1.807) is 31.4 Å². The van der Waals surface area contributed by atoms with Gasteiger partial charge in [-0.25, -0.2) is 0 Å². The molecule has 1 heterocycles. The van der Waals surface area contributed by atoms with Crippen molar-refractivity contribution in [3.63, 3.8) is 0 Å². The fourth-order valence-corrected chi connectivity index (χ4v) is 5.91. The highest BCUT2D eigenvalue weighted by Crippen LogP contribution is 2.46. The minimum Gasteiger partial charge on any atom is -0.497 e. The number of likely N-dealkylation sites (tertiary alicyclic amines) is 1. The number of nitrogens with zero attached hydrogens (tertiary/aromatic N) is 1. The maximum absolute atomic E-state index is 13.8. The maximum Gasteiger partial charge on any atom is 0.251 e. The third-order valence-corrected chi connectivity index (χ3v) is 8.45. The van der Waals surface area contributed by atoms with Crippen LogP contribution in [0.5, 0.6) is 0 Å². The molecule has 1 saturated heterocycles. The number of nitrogens with one attached hydrogen (secondary N) is 1. The van der Waals surface area contributed by atoms with Gasteiger partial charge >= 0.3 is 0 Å². The van der Waals surface area contributed by atoms with Crippen molar-refractivity contribution in [2.75, 3.05) is 20.2 Å². The number of hydrogen-bond acceptors (Lipinski definition) is 4. The van der Waals surface area contributed by atoms with E-state index < -0.39 is 11.0 Å². The predicted octanol–water partition coefficient (Wildman–Crippen LogP) is 5.39. The lowest BCUT2D eigenvalue weighted by Gasteiger charge is -2.51. The lowest BCUT2D eigenvalue weighted by Crippen LogP contribution is -2.59. The Morgan fingerprint density at radius 2 is 1.68 bits per heavy atom. The summed E-state index contributed by atoms with van der Waals surface area (Å²) in [6.45, 7) is 8.74. The van der Waals surface area contributed by atoms with E-state index in [4.69, 9.17) is 16.3 Å². The number of amides is 2.